The summed E-state index contributed by atoms with van der Waals surface area (Å²) in [6.45, 7) is 18.6. The molecule has 2 saturated heterocycles. The highest BCUT2D eigenvalue weighted by Crippen LogP contribution is 2.63. The van der Waals surface area contributed by atoms with Crippen LogP contribution in [0.1, 0.15) is 70.8 Å². The van der Waals surface area contributed by atoms with Gasteiger partial charge in [0, 0.05) is 10.1 Å². The van der Waals surface area contributed by atoms with Gasteiger partial charge in [0.1, 0.15) is 43.0 Å². The molecule has 0 aliphatic carbocycles. The molecule has 2 fully saturated rings. The van der Waals surface area contributed by atoms with Crippen molar-refractivity contribution in [2.45, 2.75) is 133 Å². The molecule has 372 valence electrons. The summed E-state index contributed by atoms with van der Waals surface area (Å²) in [5.41, 5.74) is -1.18. The summed E-state index contributed by atoms with van der Waals surface area (Å²) in [7, 11) is -13.5. The van der Waals surface area contributed by atoms with Crippen molar-refractivity contribution in [1.29, 1.82) is 5.26 Å². The van der Waals surface area contributed by atoms with Crippen molar-refractivity contribution in [2.24, 2.45) is 0 Å². The van der Waals surface area contributed by atoms with Gasteiger partial charge in [0.25, 0.3) is 11.5 Å². The molecule has 6 unspecified atom stereocenters. The van der Waals surface area contributed by atoms with E-state index in [4.69, 9.17) is 31.9 Å². The number of rotatable bonds is 18. The third kappa shape index (κ3) is 10.9. The lowest BCUT2D eigenvalue weighted by Crippen LogP contribution is -2.50. The highest BCUT2D eigenvalue weighted by Gasteiger charge is 2.61. The normalized spacial score (nSPS) is 24.7. The van der Waals surface area contributed by atoms with Crippen LogP contribution in [-0.4, -0.2) is 128 Å². The molecule has 1 amide bonds. The number of hydrogen-bond acceptors (Lipinski definition) is 18. The lowest BCUT2D eigenvalue weighted by molar-refractivity contribution is -0.0498. The fraction of sp³-hybridized carbons (Fsp3) is 0.571. The Morgan fingerprint density at radius 3 is 2.12 bits per heavy atom. The molecule has 4 aromatic heterocycles. The maximum Gasteiger partial charge on any atom is 0.694 e. The van der Waals surface area contributed by atoms with Gasteiger partial charge in [-0.3, -0.25) is 23.3 Å². The second kappa shape index (κ2) is 20.3. The molecule has 0 saturated carbocycles. The number of benzene rings is 1. The zero-order valence-corrected chi connectivity index (χ0v) is 43.8. The van der Waals surface area contributed by atoms with Gasteiger partial charge in [-0.05, 0) is 48.4 Å². The summed E-state index contributed by atoms with van der Waals surface area (Å²) < 4.78 is 76.5. The number of fused-ring (bicyclic) bond motifs is 2. The Balaban J connectivity index is 1.34. The quantitative estimate of drug-likeness (QED) is 0.0424. The molecule has 6 heterocycles. The number of carbonyl (C=O) groups is 1. The van der Waals surface area contributed by atoms with Gasteiger partial charge in [-0.25, -0.2) is 24.9 Å². The van der Waals surface area contributed by atoms with Crippen LogP contribution in [0.2, 0.25) is 36.3 Å². The molecule has 23 nitrogen and oxygen atoms in total. The highest BCUT2D eigenvalue weighted by atomic mass is 31.2. The van der Waals surface area contributed by atoms with E-state index in [0.717, 1.165) is 0 Å². The summed E-state index contributed by atoms with van der Waals surface area (Å²) in [6, 6.07) is 10.5. The number of anilines is 1. The first-order valence-corrected chi connectivity index (χ1v) is 30.8. The first-order chi connectivity index (χ1) is 32.4. The van der Waals surface area contributed by atoms with Gasteiger partial charge >= 0.3 is 15.9 Å². The number of imidazole rings is 2. The Hall–Kier alpha value is -4.52. The second-order valence-corrected chi connectivity index (χ2v) is 32.3. The standard InChI is InChI=1S/C42H58N10O13P2Si2/c1-41(2,3)68(7,8)64-31-27(62-39(30(31)53)51-24-49-29-36(51)46-22-47-38(29)55)20-61-67(58,60-18-14-17-43)33-32(65-69(9,10)42(4,5)6)26(19-59-66(56)57)63-40(33)52-23-48-28-34(44-21-45-35(28)52)50-37(54)25-15-12-11-13-16-25/h11-13,15-16,21-24,26-27,30-33,39-40,53H,14,18-20H2,1-10H3,(H2-,44,45,46,47,50,54,55,56,57)/p+1/t26?,27?,30-,31-,32-,33-,39?,40?,67?/m1/s1. The van der Waals surface area contributed by atoms with Gasteiger partial charge in [-0.2, -0.15) is 5.26 Å². The zero-order valence-electron chi connectivity index (χ0n) is 40.0. The number of H-pyrrole nitrogens is 1. The molecule has 2 aliphatic heterocycles. The minimum Gasteiger partial charge on any atom is -0.410 e. The summed E-state index contributed by atoms with van der Waals surface area (Å²) in [5.74, 6) is -0.409. The minimum absolute atomic E-state index is 0.0116. The molecule has 0 radical (unpaired) electrons. The lowest BCUT2D eigenvalue weighted by atomic mass is 10.1. The van der Waals surface area contributed by atoms with Crippen LogP contribution in [0.4, 0.5) is 5.82 Å². The Kier molecular flexibility index (Phi) is 15.4. The smallest absolute Gasteiger partial charge is 0.410 e. The largest absolute Gasteiger partial charge is 0.694 e. The summed E-state index contributed by atoms with van der Waals surface area (Å²) in [5, 5.41) is 23.8. The van der Waals surface area contributed by atoms with Crippen LogP contribution in [0.5, 0.6) is 0 Å². The first-order valence-electron chi connectivity index (χ1n) is 22.2. The molecule has 0 spiro atoms. The SMILES string of the molecule is CC(C)(C)[Si](C)(C)O[C@@H]1C(COP(=O)(OCCC#N)[C@H]2C(n3cnc4c(NC(=O)c5ccccc5)ncnc43)OC(CO[P+](=O)O)[C@H]2O[Si](C)(C)C(C)(C)C)OC(n2cnc3c(=O)[nH]cnc32)[C@@H]1O. The van der Waals surface area contributed by atoms with E-state index in [9.17, 15) is 29.4 Å². The van der Waals surface area contributed by atoms with E-state index in [1.165, 1.54) is 34.4 Å². The van der Waals surface area contributed by atoms with Crippen LogP contribution in [0, 0.1) is 11.3 Å². The van der Waals surface area contributed by atoms with E-state index < -0.39 is 111 Å². The maximum absolute atomic E-state index is 16.3. The summed E-state index contributed by atoms with van der Waals surface area (Å²) in [4.78, 5) is 60.2. The molecule has 7 rings (SSSR count). The zero-order chi connectivity index (χ0) is 50.3. The van der Waals surface area contributed by atoms with Crippen LogP contribution in [0.15, 0.2) is 60.4 Å². The Morgan fingerprint density at radius 2 is 1.48 bits per heavy atom. The van der Waals surface area contributed by atoms with E-state index in [-0.39, 0.29) is 46.2 Å². The average molecular weight is 1030 g/mol. The lowest BCUT2D eigenvalue weighted by Gasteiger charge is -2.41. The molecule has 2 aliphatic rings. The van der Waals surface area contributed by atoms with Crippen LogP contribution < -0.4 is 10.9 Å². The molecule has 27 heteroatoms. The topological polar surface area (TPSA) is 299 Å². The van der Waals surface area contributed by atoms with Crippen molar-refractivity contribution in [2.75, 3.05) is 25.1 Å². The van der Waals surface area contributed by atoms with Gasteiger partial charge < -0.3 is 42.8 Å². The van der Waals surface area contributed by atoms with Crippen molar-refractivity contribution < 1.29 is 55.8 Å². The van der Waals surface area contributed by atoms with E-state index in [0.29, 0.717) is 5.56 Å². The van der Waals surface area contributed by atoms with Gasteiger partial charge in [-0.1, -0.05) is 59.7 Å². The molecule has 69 heavy (non-hydrogen) atoms. The number of carbonyl (C=O) groups excluding carboxylic acids is 1. The number of aliphatic hydroxyl groups excluding tert-OH is 1. The third-order valence-corrected chi connectivity index (χ3v) is 24.9. The number of hydrogen-bond donors (Lipinski definition) is 4. The molecular formula is C42H59N10O13P2Si2+. The van der Waals surface area contributed by atoms with Gasteiger partial charge in [-0.15, -0.1) is 9.42 Å². The van der Waals surface area contributed by atoms with Gasteiger partial charge in [0.2, 0.25) is 0 Å². The number of ether oxygens (including phenoxy) is 2. The molecule has 5 aromatic rings. The molecular weight excluding hydrogens is 971 g/mol. The van der Waals surface area contributed by atoms with E-state index >= 15 is 4.57 Å². The van der Waals surface area contributed by atoms with Crippen LogP contribution in [-0.2, 0) is 41.0 Å². The van der Waals surface area contributed by atoms with Crippen LogP contribution >= 0.6 is 15.9 Å². The first kappa shape index (κ1) is 52.3. The van der Waals surface area contributed by atoms with Crippen molar-refractivity contribution in [1.82, 2.24) is 39.0 Å². The van der Waals surface area contributed by atoms with Crippen molar-refractivity contribution in [3.05, 3.63) is 71.6 Å². The van der Waals surface area contributed by atoms with E-state index in [2.05, 4.69) is 35.2 Å². The third-order valence-electron chi connectivity index (χ3n) is 13.3. The van der Waals surface area contributed by atoms with Crippen molar-refractivity contribution >= 4 is 66.5 Å². The fourth-order valence-corrected chi connectivity index (χ4v) is 12.8. The highest BCUT2D eigenvalue weighted by molar-refractivity contribution is 7.54. The van der Waals surface area contributed by atoms with Crippen LogP contribution in [0.3, 0.4) is 0 Å². The number of amides is 1. The number of aromatic amines is 1. The van der Waals surface area contributed by atoms with Crippen LogP contribution in [0.25, 0.3) is 22.3 Å². The Morgan fingerprint density at radius 1 is 0.884 bits per heavy atom. The molecule has 4 N–H and O–H groups in total. The Labute approximate surface area is 401 Å². The predicted octanol–water partition coefficient (Wildman–Crippen LogP) is 6.32. The minimum atomic E-state index is -4.75. The average Bonchev–Trinajstić information content (AvgIpc) is 4.06. The molecule has 1 aromatic carbocycles. The summed E-state index contributed by atoms with van der Waals surface area (Å²) >= 11 is 0. The number of nitrogens with zero attached hydrogens (tertiary/aromatic N) is 8. The van der Waals surface area contributed by atoms with E-state index in [1.807, 2.05) is 73.8 Å². The fourth-order valence-electron chi connectivity index (χ4n) is 7.52. The van der Waals surface area contributed by atoms with Crippen molar-refractivity contribution in [3.63, 3.8) is 0 Å². The number of nitrogens with one attached hydrogen (secondary N) is 2. The maximum atomic E-state index is 16.3. The molecule has 0 bridgehead atoms. The van der Waals surface area contributed by atoms with Gasteiger partial charge in [0.05, 0.1) is 50.8 Å². The van der Waals surface area contributed by atoms with Crippen molar-refractivity contribution in [3.8, 4) is 6.07 Å². The predicted molar refractivity (Wildman–Crippen MR) is 255 cm³/mol. The second-order valence-electron chi connectivity index (χ2n) is 19.8. The summed E-state index contributed by atoms with van der Waals surface area (Å²) in [6.07, 6.45) is -3.78. The number of aliphatic hydroxyl groups is 1. The Bertz CT molecular complexity index is 2810. The number of nitriles is 1. The monoisotopic (exact) mass is 1030 g/mol. The van der Waals surface area contributed by atoms with E-state index in [1.54, 1.807) is 30.3 Å². The van der Waals surface area contributed by atoms with Gasteiger partial charge in [0.15, 0.2) is 57.2 Å². The molecule has 10 atom stereocenters. The number of aromatic nitrogens is 8.